The Kier molecular flexibility index (Phi) is 4.53. The van der Waals surface area contributed by atoms with Gasteiger partial charge in [0.1, 0.15) is 0 Å². The van der Waals surface area contributed by atoms with Crippen molar-refractivity contribution in [1.82, 2.24) is 0 Å². The summed E-state index contributed by atoms with van der Waals surface area (Å²) in [5, 5.41) is 20.8. The van der Waals surface area contributed by atoms with Gasteiger partial charge in [-0.05, 0) is 26.8 Å². The molecule has 1 N–H and O–H groups in total. The van der Waals surface area contributed by atoms with Gasteiger partial charge >= 0.3 is 0 Å². The number of nitrogens with zero attached hydrogens (tertiary/aromatic N) is 2. The summed E-state index contributed by atoms with van der Waals surface area (Å²) in [6.07, 6.45) is 0. The molecule has 0 amide bonds. The number of hydrogen-bond donors (Lipinski definition) is 1. The maximum Gasteiger partial charge on any atom is 0.271 e. The van der Waals surface area contributed by atoms with Crippen LogP contribution in [-0.2, 0) is 0 Å². The molecule has 0 aliphatic heterocycles. The van der Waals surface area contributed by atoms with Gasteiger partial charge in [0.15, 0.2) is 0 Å². The second-order valence-electron chi connectivity index (χ2n) is 4.72. The van der Waals surface area contributed by atoms with Crippen LogP contribution in [0.2, 0.25) is 5.02 Å². The van der Waals surface area contributed by atoms with Crippen molar-refractivity contribution in [3.8, 4) is 0 Å². The van der Waals surface area contributed by atoms with Gasteiger partial charge in [-0.3, -0.25) is 10.1 Å². The Morgan fingerprint density at radius 3 is 2.50 bits per heavy atom. The van der Waals surface area contributed by atoms with E-state index in [1.807, 2.05) is 11.8 Å². The molecule has 1 rings (SSSR count). The van der Waals surface area contributed by atoms with Crippen molar-refractivity contribution in [3.63, 3.8) is 0 Å². The van der Waals surface area contributed by atoms with Gasteiger partial charge in [-0.15, -0.1) is 0 Å². The first-order chi connectivity index (χ1) is 8.24. The van der Waals surface area contributed by atoms with Crippen molar-refractivity contribution in [3.05, 3.63) is 33.3 Å². The van der Waals surface area contributed by atoms with E-state index < -0.39 is 10.5 Å². The van der Waals surface area contributed by atoms with Crippen LogP contribution in [0.15, 0.2) is 18.2 Å². The van der Waals surface area contributed by atoms with E-state index in [0.29, 0.717) is 23.8 Å². The summed E-state index contributed by atoms with van der Waals surface area (Å²) < 4.78 is 0. The van der Waals surface area contributed by atoms with Crippen molar-refractivity contribution < 1.29 is 10.0 Å². The molecule has 0 aliphatic rings. The third-order valence-electron chi connectivity index (χ3n) is 2.44. The van der Waals surface area contributed by atoms with E-state index in [9.17, 15) is 15.2 Å². The Balaban J connectivity index is 3.04. The van der Waals surface area contributed by atoms with E-state index in [0.717, 1.165) is 0 Å². The minimum absolute atomic E-state index is 0.0388. The van der Waals surface area contributed by atoms with Crippen LogP contribution < -0.4 is 4.90 Å². The highest BCUT2D eigenvalue weighted by molar-refractivity contribution is 6.33. The minimum atomic E-state index is -0.860. The summed E-state index contributed by atoms with van der Waals surface area (Å²) in [6, 6.07) is 4.34. The lowest BCUT2D eigenvalue weighted by atomic mass is 10.1. The first kappa shape index (κ1) is 14.7. The third-order valence-corrected chi connectivity index (χ3v) is 2.75. The van der Waals surface area contributed by atoms with Gasteiger partial charge in [-0.1, -0.05) is 11.6 Å². The molecular formula is C12H17ClN2O3. The molecule has 0 aromatic heterocycles. The topological polar surface area (TPSA) is 66.6 Å². The number of non-ortho nitro benzene ring substituents is 1. The average Bonchev–Trinajstić information content (AvgIpc) is 2.24. The summed E-state index contributed by atoms with van der Waals surface area (Å²) in [6.45, 7) is 6.40. The summed E-state index contributed by atoms with van der Waals surface area (Å²) in [5.41, 5.74) is -0.212. The fourth-order valence-corrected chi connectivity index (χ4v) is 1.99. The van der Waals surface area contributed by atoms with Crippen molar-refractivity contribution >= 4 is 23.0 Å². The highest BCUT2D eigenvalue weighted by Crippen LogP contribution is 2.30. The van der Waals surface area contributed by atoms with Crippen LogP contribution in [0.1, 0.15) is 20.8 Å². The SMILES string of the molecule is CCN(CC(C)(C)O)c1ccc([N+](=O)[O-])cc1Cl. The van der Waals surface area contributed by atoms with Crippen molar-refractivity contribution in [2.75, 3.05) is 18.0 Å². The maximum absolute atomic E-state index is 10.6. The fourth-order valence-electron chi connectivity index (χ4n) is 1.70. The van der Waals surface area contributed by atoms with Crippen LogP contribution in [0.5, 0.6) is 0 Å². The summed E-state index contributed by atoms with van der Waals surface area (Å²) in [5.74, 6) is 0. The molecule has 1 aromatic carbocycles. The van der Waals surface area contributed by atoms with E-state index >= 15 is 0 Å². The third kappa shape index (κ3) is 3.85. The zero-order chi connectivity index (χ0) is 13.9. The first-order valence-corrected chi connectivity index (χ1v) is 6.03. The van der Waals surface area contributed by atoms with Gasteiger partial charge < -0.3 is 10.0 Å². The van der Waals surface area contributed by atoms with E-state index in [4.69, 9.17) is 11.6 Å². The molecule has 100 valence electrons. The Morgan fingerprint density at radius 2 is 2.11 bits per heavy atom. The van der Waals surface area contributed by atoms with Crippen LogP contribution in [0, 0.1) is 10.1 Å². The largest absolute Gasteiger partial charge is 0.389 e. The second kappa shape index (κ2) is 5.54. The minimum Gasteiger partial charge on any atom is -0.389 e. The second-order valence-corrected chi connectivity index (χ2v) is 5.13. The average molecular weight is 273 g/mol. The normalized spacial score (nSPS) is 11.4. The molecule has 0 unspecified atom stereocenters. The molecule has 0 atom stereocenters. The highest BCUT2D eigenvalue weighted by Gasteiger charge is 2.20. The zero-order valence-electron chi connectivity index (χ0n) is 10.7. The molecule has 0 fully saturated rings. The molecule has 0 heterocycles. The van der Waals surface area contributed by atoms with Crippen LogP contribution in [0.25, 0.3) is 0 Å². The first-order valence-electron chi connectivity index (χ1n) is 5.66. The monoisotopic (exact) mass is 272 g/mol. The number of hydrogen-bond acceptors (Lipinski definition) is 4. The quantitative estimate of drug-likeness (QED) is 0.661. The van der Waals surface area contributed by atoms with Gasteiger partial charge in [0.05, 0.1) is 21.2 Å². The summed E-state index contributed by atoms with van der Waals surface area (Å²) in [4.78, 5) is 12.0. The van der Waals surface area contributed by atoms with Gasteiger partial charge in [-0.2, -0.15) is 0 Å². The Morgan fingerprint density at radius 1 is 1.50 bits per heavy atom. The van der Waals surface area contributed by atoms with E-state index in [2.05, 4.69) is 0 Å². The highest BCUT2D eigenvalue weighted by atomic mass is 35.5. The molecule has 0 spiro atoms. The van der Waals surface area contributed by atoms with Crippen LogP contribution in [0.3, 0.4) is 0 Å². The van der Waals surface area contributed by atoms with Crippen molar-refractivity contribution in [2.24, 2.45) is 0 Å². The standard InChI is InChI=1S/C12H17ClN2O3/c1-4-14(8-12(2,3)16)11-6-5-9(15(17)18)7-10(11)13/h5-7,16H,4,8H2,1-3H3. The van der Waals surface area contributed by atoms with E-state index in [-0.39, 0.29) is 5.69 Å². The smallest absolute Gasteiger partial charge is 0.271 e. The molecule has 0 saturated heterocycles. The number of anilines is 1. The lowest BCUT2D eigenvalue weighted by Gasteiger charge is -2.30. The number of nitro groups is 1. The molecule has 18 heavy (non-hydrogen) atoms. The molecule has 6 heteroatoms. The number of likely N-dealkylation sites (N-methyl/N-ethyl adjacent to an activating group) is 1. The molecular weight excluding hydrogens is 256 g/mol. The fraction of sp³-hybridized carbons (Fsp3) is 0.500. The lowest BCUT2D eigenvalue weighted by molar-refractivity contribution is -0.384. The number of aliphatic hydroxyl groups is 1. The predicted octanol–water partition coefficient (Wildman–Crippen LogP) is 2.85. The molecule has 5 nitrogen and oxygen atoms in total. The number of nitro benzene ring substituents is 1. The molecule has 1 aromatic rings. The molecule has 0 aliphatic carbocycles. The van der Waals surface area contributed by atoms with Crippen LogP contribution in [-0.4, -0.2) is 28.7 Å². The predicted molar refractivity (Wildman–Crippen MR) is 72.3 cm³/mol. The Bertz CT molecular complexity index is 443. The van der Waals surface area contributed by atoms with Crippen LogP contribution in [0.4, 0.5) is 11.4 Å². The van der Waals surface area contributed by atoms with Gasteiger partial charge in [0, 0.05) is 25.2 Å². The van der Waals surface area contributed by atoms with E-state index in [1.165, 1.54) is 12.1 Å². The van der Waals surface area contributed by atoms with Gasteiger partial charge in [0.2, 0.25) is 0 Å². The number of benzene rings is 1. The van der Waals surface area contributed by atoms with Gasteiger partial charge in [-0.25, -0.2) is 0 Å². The lowest BCUT2D eigenvalue weighted by Crippen LogP contribution is -2.38. The number of halogens is 1. The molecule has 0 bridgehead atoms. The zero-order valence-corrected chi connectivity index (χ0v) is 11.4. The van der Waals surface area contributed by atoms with Gasteiger partial charge in [0.25, 0.3) is 5.69 Å². The summed E-state index contributed by atoms with van der Waals surface area (Å²) in [7, 11) is 0. The Labute approximate surface area is 111 Å². The van der Waals surface area contributed by atoms with Crippen LogP contribution >= 0.6 is 11.6 Å². The molecule has 0 saturated carbocycles. The maximum atomic E-state index is 10.6. The van der Waals surface area contributed by atoms with E-state index in [1.54, 1.807) is 19.9 Å². The molecule has 0 radical (unpaired) electrons. The van der Waals surface area contributed by atoms with Crippen molar-refractivity contribution in [1.29, 1.82) is 0 Å². The number of rotatable bonds is 5. The van der Waals surface area contributed by atoms with Crippen molar-refractivity contribution in [2.45, 2.75) is 26.4 Å². The summed E-state index contributed by atoms with van der Waals surface area (Å²) >= 11 is 6.05. The Hall–Kier alpha value is -1.33.